The molecule has 2 aromatic rings. The van der Waals surface area contributed by atoms with Crippen LogP contribution in [-0.4, -0.2) is 41.3 Å². The number of hydrogen-bond donors (Lipinski definition) is 0. The van der Waals surface area contributed by atoms with Crippen LogP contribution >= 0.6 is 11.8 Å². The van der Waals surface area contributed by atoms with Crippen LogP contribution in [0.4, 0.5) is 9.18 Å². The maximum absolute atomic E-state index is 13.9. The first-order valence-corrected chi connectivity index (χ1v) is 11.2. The minimum atomic E-state index is -1.02. The Labute approximate surface area is 195 Å². The average Bonchev–Trinajstić information content (AvgIpc) is 3.06. The van der Waals surface area contributed by atoms with E-state index in [2.05, 4.69) is 0 Å². The van der Waals surface area contributed by atoms with E-state index < -0.39 is 23.2 Å². The summed E-state index contributed by atoms with van der Waals surface area (Å²) in [5.41, 5.74) is 1.01. The number of rotatable bonds is 9. The maximum Gasteiger partial charge on any atom is 0.329 e. The lowest BCUT2D eigenvalue weighted by Gasteiger charge is -2.19. The molecule has 0 aromatic heterocycles. The molecule has 7 nitrogen and oxygen atoms in total. The van der Waals surface area contributed by atoms with E-state index in [0.29, 0.717) is 29.2 Å². The fourth-order valence-corrected chi connectivity index (χ4v) is 4.01. The van der Waals surface area contributed by atoms with Crippen molar-refractivity contribution in [1.29, 1.82) is 0 Å². The molecule has 0 spiro atoms. The number of imide groups is 1. The number of amides is 2. The number of carbonyl (C=O) groups excluding carboxylic acids is 3. The van der Waals surface area contributed by atoms with Crippen molar-refractivity contribution >= 4 is 35.0 Å². The monoisotopic (exact) mass is 473 g/mol. The molecule has 0 saturated carbocycles. The zero-order valence-corrected chi connectivity index (χ0v) is 19.3. The number of nitrogens with zero attached hydrogens (tertiary/aromatic N) is 1. The second-order valence-electron chi connectivity index (χ2n) is 7.00. The third-order valence-electron chi connectivity index (χ3n) is 4.74. The molecule has 0 N–H and O–H groups in total. The lowest BCUT2D eigenvalue weighted by atomic mass is 10.1. The first-order chi connectivity index (χ1) is 15.8. The van der Waals surface area contributed by atoms with Gasteiger partial charge in [0.25, 0.3) is 11.1 Å². The maximum atomic E-state index is 13.9. The molecule has 174 valence electrons. The zero-order chi connectivity index (χ0) is 24.0. The highest BCUT2D eigenvalue weighted by Crippen LogP contribution is 2.36. The molecule has 1 aliphatic rings. The van der Waals surface area contributed by atoms with Crippen LogP contribution in [0.25, 0.3) is 6.08 Å². The van der Waals surface area contributed by atoms with Gasteiger partial charge in [-0.15, -0.1) is 0 Å². The van der Waals surface area contributed by atoms with Crippen LogP contribution in [0, 0.1) is 5.82 Å². The molecular weight excluding hydrogens is 449 g/mol. The second-order valence-corrected chi connectivity index (χ2v) is 7.99. The van der Waals surface area contributed by atoms with Crippen molar-refractivity contribution in [3.63, 3.8) is 0 Å². The van der Waals surface area contributed by atoms with Crippen LogP contribution < -0.4 is 9.47 Å². The van der Waals surface area contributed by atoms with E-state index in [-0.39, 0.29) is 23.9 Å². The van der Waals surface area contributed by atoms with Gasteiger partial charge in [-0.25, -0.2) is 9.18 Å². The van der Waals surface area contributed by atoms with E-state index in [1.165, 1.54) is 13.0 Å². The van der Waals surface area contributed by atoms with Crippen LogP contribution in [0.5, 0.6) is 11.5 Å². The fraction of sp³-hybridized carbons (Fsp3) is 0.292. The molecule has 1 saturated heterocycles. The van der Waals surface area contributed by atoms with Crippen molar-refractivity contribution in [1.82, 2.24) is 4.90 Å². The summed E-state index contributed by atoms with van der Waals surface area (Å²) in [4.78, 5) is 38.2. The van der Waals surface area contributed by atoms with Gasteiger partial charge in [0, 0.05) is 5.56 Å². The van der Waals surface area contributed by atoms with Gasteiger partial charge >= 0.3 is 5.97 Å². The number of carbonyl (C=O) groups is 3. The van der Waals surface area contributed by atoms with Gasteiger partial charge in [-0.3, -0.25) is 14.5 Å². The summed E-state index contributed by atoms with van der Waals surface area (Å²) < 4.78 is 30.2. The lowest BCUT2D eigenvalue weighted by Crippen LogP contribution is -2.42. The molecule has 1 heterocycles. The molecule has 33 heavy (non-hydrogen) atoms. The van der Waals surface area contributed by atoms with Crippen LogP contribution in [-0.2, 0) is 20.9 Å². The van der Waals surface area contributed by atoms with Crippen molar-refractivity contribution in [3.05, 3.63) is 64.3 Å². The van der Waals surface area contributed by atoms with Crippen LogP contribution in [0.15, 0.2) is 47.4 Å². The van der Waals surface area contributed by atoms with Gasteiger partial charge in [-0.2, -0.15) is 0 Å². The molecule has 2 aromatic carbocycles. The molecule has 1 atom stereocenters. The standard InChI is InChI=1S/C24H24FNO6S/c1-4-30-20-12-16(10-11-19(20)32-14-17-8-6-7-9-18(17)25)13-21-22(27)26(24(29)33-21)15(3)23(28)31-5-2/h6-13,15H,4-5,14H2,1-3H3/b21-13+. The number of thioether (sulfide) groups is 1. The van der Waals surface area contributed by atoms with Gasteiger partial charge in [0.15, 0.2) is 11.5 Å². The molecule has 1 fully saturated rings. The molecular formula is C24H24FNO6S. The van der Waals surface area contributed by atoms with Gasteiger partial charge in [-0.1, -0.05) is 24.3 Å². The van der Waals surface area contributed by atoms with Gasteiger partial charge in [0.2, 0.25) is 0 Å². The number of ether oxygens (including phenoxy) is 3. The lowest BCUT2D eigenvalue weighted by molar-refractivity contribution is -0.150. The van der Waals surface area contributed by atoms with Crippen molar-refractivity contribution in [2.24, 2.45) is 0 Å². The second kappa shape index (κ2) is 11.0. The van der Waals surface area contributed by atoms with E-state index >= 15 is 0 Å². The number of hydrogen-bond acceptors (Lipinski definition) is 7. The number of esters is 1. The Hall–Kier alpha value is -3.33. The van der Waals surface area contributed by atoms with E-state index in [4.69, 9.17) is 14.2 Å². The summed E-state index contributed by atoms with van der Waals surface area (Å²) in [6.07, 6.45) is 1.55. The highest BCUT2D eigenvalue weighted by Gasteiger charge is 2.41. The van der Waals surface area contributed by atoms with Crippen molar-refractivity contribution in [3.8, 4) is 11.5 Å². The van der Waals surface area contributed by atoms with Crippen LogP contribution in [0.1, 0.15) is 31.9 Å². The summed E-state index contributed by atoms with van der Waals surface area (Å²) in [6, 6.07) is 10.3. The summed E-state index contributed by atoms with van der Waals surface area (Å²) >= 11 is 0.750. The molecule has 0 radical (unpaired) electrons. The Balaban J connectivity index is 1.80. The minimum absolute atomic E-state index is 0.0245. The van der Waals surface area contributed by atoms with E-state index in [0.717, 1.165) is 16.7 Å². The Morgan fingerprint density at radius 2 is 1.85 bits per heavy atom. The van der Waals surface area contributed by atoms with Crippen molar-refractivity contribution in [2.75, 3.05) is 13.2 Å². The van der Waals surface area contributed by atoms with Crippen molar-refractivity contribution in [2.45, 2.75) is 33.4 Å². The highest BCUT2D eigenvalue weighted by atomic mass is 32.2. The third-order valence-corrected chi connectivity index (χ3v) is 5.63. The highest BCUT2D eigenvalue weighted by molar-refractivity contribution is 8.18. The zero-order valence-electron chi connectivity index (χ0n) is 18.5. The topological polar surface area (TPSA) is 82.1 Å². The Morgan fingerprint density at radius 3 is 2.55 bits per heavy atom. The van der Waals surface area contributed by atoms with Gasteiger partial charge in [0.05, 0.1) is 18.1 Å². The molecule has 0 aliphatic carbocycles. The minimum Gasteiger partial charge on any atom is -0.490 e. The van der Waals surface area contributed by atoms with E-state index in [9.17, 15) is 18.8 Å². The molecule has 9 heteroatoms. The molecule has 1 unspecified atom stereocenters. The van der Waals surface area contributed by atoms with Gasteiger partial charge in [0.1, 0.15) is 18.5 Å². The third kappa shape index (κ3) is 5.73. The quantitative estimate of drug-likeness (QED) is 0.382. The molecule has 2 amide bonds. The van der Waals surface area contributed by atoms with Gasteiger partial charge < -0.3 is 14.2 Å². The summed E-state index contributed by atoms with van der Waals surface area (Å²) in [7, 11) is 0. The first-order valence-electron chi connectivity index (χ1n) is 10.4. The largest absolute Gasteiger partial charge is 0.490 e. The van der Waals surface area contributed by atoms with E-state index in [1.54, 1.807) is 49.4 Å². The molecule has 3 rings (SSSR count). The SMILES string of the molecule is CCOC(=O)C(C)N1C(=O)S/C(=C/c2ccc(OCc3ccccc3F)c(OCC)c2)C1=O. The smallest absolute Gasteiger partial charge is 0.329 e. The average molecular weight is 474 g/mol. The predicted octanol–water partition coefficient (Wildman–Crippen LogP) is 4.79. The van der Waals surface area contributed by atoms with E-state index in [1.807, 2.05) is 6.92 Å². The molecule has 1 aliphatic heterocycles. The summed E-state index contributed by atoms with van der Waals surface area (Å²) in [5.74, 6) is -0.734. The number of halogens is 1. The van der Waals surface area contributed by atoms with Gasteiger partial charge in [-0.05, 0) is 62.4 Å². The first kappa shape index (κ1) is 24.3. The number of benzene rings is 2. The summed E-state index contributed by atoms with van der Waals surface area (Å²) in [6.45, 7) is 5.46. The molecule has 0 bridgehead atoms. The fourth-order valence-electron chi connectivity index (χ4n) is 3.11. The normalized spacial score (nSPS) is 15.6. The van der Waals surface area contributed by atoms with Crippen LogP contribution in [0.3, 0.4) is 0 Å². The Bertz CT molecular complexity index is 1090. The van der Waals surface area contributed by atoms with Crippen molar-refractivity contribution < 1.29 is 33.0 Å². The Kier molecular flexibility index (Phi) is 8.11. The summed E-state index contributed by atoms with van der Waals surface area (Å²) in [5, 5.41) is -0.540. The Morgan fingerprint density at radius 1 is 1.09 bits per heavy atom. The predicted molar refractivity (Wildman–Crippen MR) is 122 cm³/mol. The van der Waals surface area contributed by atoms with Crippen LogP contribution in [0.2, 0.25) is 0 Å².